The second-order valence-corrected chi connectivity index (χ2v) is 6.07. The highest BCUT2D eigenvalue weighted by atomic mass is 16.4. The maximum atomic E-state index is 12.8. The van der Waals surface area contributed by atoms with Crippen molar-refractivity contribution in [2.45, 2.75) is 13.8 Å². The number of nitrogens with zero attached hydrogens (tertiary/aromatic N) is 2. The first-order valence-corrected chi connectivity index (χ1v) is 8.31. The zero-order chi connectivity index (χ0) is 18.1. The van der Waals surface area contributed by atoms with Crippen molar-refractivity contribution in [3.63, 3.8) is 0 Å². The second kappa shape index (κ2) is 6.44. The van der Waals surface area contributed by atoms with E-state index in [-0.39, 0.29) is 5.91 Å². The molecule has 128 valence electrons. The van der Waals surface area contributed by atoms with Gasteiger partial charge < -0.3 is 9.73 Å². The third-order valence-electron chi connectivity index (χ3n) is 4.29. The van der Waals surface area contributed by atoms with E-state index in [1.165, 1.54) is 0 Å². The summed E-state index contributed by atoms with van der Waals surface area (Å²) in [6.45, 7) is 3.79. The number of hydrogen-bond acceptors (Lipinski definition) is 4. The fourth-order valence-corrected chi connectivity index (χ4v) is 2.83. The number of fused-ring (bicyclic) bond motifs is 1. The predicted octanol–water partition coefficient (Wildman–Crippen LogP) is 4.76. The van der Waals surface area contributed by atoms with Crippen molar-refractivity contribution in [1.29, 1.82) is 0 Å². The van der Waals surface area contributed by atoms with Gasteiger partial charge in [-0.25, -0.2) is 4.98 Å². The highest BCUT2D eigenvalue weighted by Gasteiger charge is 2.12. The Balaban J connectivity index is 1.65. The Bertz CT molecular complexity index is 1090. The van der Waals surface area contributed by atoms with Crippen LogP contribution in [-0.4, -0.2) is 15.9 Å². The molecule has 0 saturated carbocycles. The lowest BCUT2D eigenvalue weighted by Crippen LogP contribution is -2.12. The van der Waals surface area contributed by atoms with E-state index in [2.05, 4.69) is 15.3 Å². The molecule has 0 radical (unpaired) electrons. The van der Waals surface area contributed by atoms with E-state index in [4.69, 9.17) is 4.42 Å². The molecule has 4 rings (SSSR count). The van der Waals surface area contributed by atoms with Gasteiger partial charge in [-0.15, -0.1) is 0 Å². The number of pyridine rings is 1. The van der Waals surface area contributed by atoms with Gasteiger partial charge in [0, 0.05) is 28.4 Å². The van der Waals surface area contributed by atoms with Gasteiger partial charge in [0.25, 0.3) is 5.91 Å². The molecule has 0 bridgehead atoms. The largest absolute Gasteiger partial charge is 0.441 e. The minimum atomic E-state index is -0.180. The Morgan fingerprint density at radius 2 is 1.88 bits per heavy atom. The third-order valence-corrected chi connectivity index (χ3v) is 4.29. The summed E-state index contributed by atoms with van der Waals surface area (Å²) in [5, 5.41) is 3.77. The van der Waals surface area contributed by atoms with Crippen LogP contribution in [0.3, 0.4) is 0 Å². The first-order valence-electron chi connectivity index (χ1n) is 8.31. The zero-order valence-corrected chi connectivity index (χ0v) is 14.5. The highest BCUT2D eigenvalue weighted by molar-refractivity contribution is 6.12. The van der Waals surface area contributed by atoms with E-state index in [9.17, 15) is 4.79 Å². The molecule has 0 aliphatic rings. The van der Waals surface area contributed by atoms with E-state index < -0.39 is 0 Å². The fourth-order valence-electron chi connectivity index (χ4n) is 2.83. The molecular weight excluding hydrogens is 326 g/mol. The molecule has 4 aromatic rings. The summed E-state index contributed by atoms with van der Waals surface area (Å²) >= 11 is 0. The Morgan fingerprint density at radius 3 is 2.69 bits per heavy atom. The summed E-state index contributed by atoms with van der Waals surface area (Å²) in [6.07, 6.45) is 1.72. The van der Waals surface area contributed by atoms with Crippen molar-refractivity contribution in [3.8, 4) is 11.5 Å². The molecule has 5 nitrogen and oxygen atoms in total. The number of anilines is 1. The van der Waals surface area contributed by atoms with Crippen LogP contribution in [0.1, 0.15) is 21.8 Å². The molecule has 0 unspecified atom stereocenters. The van der Waals surface area contributed by atoms with Crippen molar-refractivity contribution >= 4 is 22.5 Å². The molecule has 2 heterocycles. The van der Waals surface area contributed by atoms with Gasteiger partial charge in [-0.05, 0) is 50.2 Å². The van der Waals surface area contributed by atoms with E-state index in [0.29, 0.717) is 17.1 Å². The van der Waals surface area contributed by atoms with E-state index in [1.807, 2.05) is 62.4 Å². The van der Waals surface area contributed by atoms with Gasteiger partial charge in [0.1, 0.15) is 5.76 Å². The summed E-state index contributed by atoms with van der Waals surface area (Å²) in [5.74, 6) is 1.16. The average molecular weight is 343 g/mol. The lowest BCUT2D eigenvalue weighted by atomic mass is 10.1. The number of rotatable bonds is 3. The number of aromatic nitrogens is 2. The van der Waals surface area contributed by atoms with Gasteiger partial charge in [0.2, 0.25) is 5.89 Å². The number of aryl methyl sites for hydroxylation is 2. The first-order chi connectivity index (χ1) is 12.6. The molecule has 26 heavy (non-hydrogen) atoms. The van der Waals surface area contributed by atoms with Gasteiger partial charge in [0.15, 0.2) is 0 Å². The summed E-state index contributed by atoms with van der Waals surface area (Å²) in [5.41, 5.74) is 3.74. The number of oxazole rings is 1. The Labute approximate surface area is 150 Å². The van der Waals surface area contributed by atoms with Crippen molar-refractivity contribution in [2.75, 3.05) is 5.32 Å². The smallest absolute Gasteiger partial charge is 0.256 e. The molecule has 1 N–H and O–H groups in total. The lowest BCUT2D eigenvalue weighted by molar-refractivity contribution is 0.102. The molecule has 0 fully saturated rings. The molecule has 2 aromatic carbocycles. The van der Waals surface area contributed by atoms with Gasteiger partial charge in [-0.1, -0.05) is 18.2 Å². The summed E-state index contributed by atoms with van der Waals surface area (Å²) in [7, 11) is 0. The van der Waals surface area contributed by atoms with Crippen molar-refractivity contribution in [3.05, 3.63) is 77.8 Å². The number of carbonyl (C=O) groups is 1. The molecule has 0 saturated heterocycles. The summed E-state index contributed by atoms with van der Waals surface area (Å²) < 4.78 is 5.67. The van der Waals surface area contributed by atoms with E-state index in [0.717, 1.165) is 27.9 Å². The summed E-state index contributed by atoms with van der Waals surface area (Å²) in [4.78, 5) is 21.5. The minimum Gasteiger partial charge on any atom is -0.441 e. The quantitative estimate of drug-likeness (QED) is 0.582. The van der Waals surface area contributed by atoms with Crippen LogP contribution in [0.2, 0.25) is 0 Å². The van der Waals surface area contributed by atoms with Crippen LogP contribution in [0.25, 0.3) is 22.4 Å². The lowest BCUT2D eigenvalue weighted by Gasteiger charge is -2.08. The Morgan fingerprint density at radius 1 is 1.04 bits per heavy atom. The van der Waals surface area contributed by atoms with Crippen LogP contribution in [0.5, 0.6) is 0 Å². The average Bonchev–Trinajstić information content (AvgIpc) is 3.00. The SMILES string of the molecule is Cc1nc(-c2cccc(NC(=O)c3cccc4ncccc34)c2)oc1C. The number of nitrogens with one attached hydrogen (secondary N) is 1. The van der Waals surface area contributed by atoms with Gasteiger partial charge in [0.05, 0.1) is 11.2 Å². The summed E-state index contributed by atoms with van der Waals surface area (Å²) in [6, 6.07) is 16.7. The third kappa shape index (κ3) is 2.95. The molecule has 5 heteroatoms. The second-order valence-electron chi connectivity index (χ2n) is 6.07. The Hall–Kier alpha value is -3.47. The fraction of sp³-hybridized carbons (Fsp3) is 0.0952. The first kappa shape index (κ1) is 16.0. The number of carbonyl (C=O) groups excluding carboxylic acids is 1. The van der Waals surface area contributed by atoms with Crippen LogP contribution < -0.4 is 5.32 Å². The highest BCUT2D eigenvalue weighted by Crippen LogP contribution is 2.25. The number of amides is 1. The van der Waals surface area contributed by atoms with E-state index >= 15 is 0 Å². The zero-order valence-electron chi connectivity index (χ0n) is 14.5. The van der Waals surface area contributed by atoms with Crippen LogP contribution in [0.15, 0.2) is 65.2 Å². The van der Waals surface area contributed by atoms with Crippen molar-refractivity contribution in [2.24, 2.45) is 0 Å². The normalized spacial score (nSPS) is 10.8. The molecule has 0 aliphatic carbocycles. The van der Waals surface area contributed by atoms with Crippen LogP contribution in [0, 0.1) is 13.8 Å². The maximum Gasteiger partial charge on any atom is 0.256 e. The van der Waals surface area contributed by atoms with Gasteiger partial charge in [-0.2, -0.15) is 0 Å². The maximum absolute atomic E-state index is 12.8. The molecular formula is C21H17N3O2. The Kier molecular flexibility index (Phi) is 3.97. The number of hydrogen-bond donors (Lipinski definition) is 1. The van der Waals surface area contributed by atoms with Gasteiger partial charge >= 0.3 is 0 Å². The van der Waals surface area contributed by atoms with Crippen LogP contribution >= 0.6 is 0 Å². The standard InChI is InChI=1S/C21H17N3O2/c1-13-14(2)26-21(23-13)15-6-3-7-16(12-15)24-20(25)18-8-4-10-19-17(18)9-5-11-22-19/h3-12H,1-2H3,(H,24,25). The molecule has 2 aromatic heterocycles. The van der Waals surface area contributed by atoms with Crippen LogP contribution in [-0.2, 0) is 0 Å². The number of benzene rings is 2. The topological polar surface area (TPSA) is 68.0 Å². The molecule has 0 atom stereocenters. The van der Waals surface area contributed by atoms with Crippen molar-refractivity contribution in [1.82, 2.24) is 9.97 Å². The minimum absolute atomic E-state index is 0.180. The monoisotopic (exact) mass is 343 g/mol. The van der Waals surface area contributed by atoms with Crippen LogP contribution in [0.4, 0.5) is 5.69 Å². The molecule has 0 aliphatic heterocycles. The predicted molar refractivity (Wildman–Crippen MR) is 101 cm³/mol. The van der Waals surface area contributed by atoms with Gasteiger partial charge in [-0.3, -0.25) is 9.78 Å². The van der Waals surface area contributed by atoms with Crippen molar-refractivity contribution < 1.29 is 9.21 Å². The molecule has 0 spiro atoms. The molecule has 1 amide bonds. The van der Waals surface area contributed by atoms with E-state index in [1.54, 1.807) is 12.3 Å².